The molecule has 1 aromatic rings. The Morgan fingerprint density at radius 3 is 2.44 bits per heavy atom. The first-order valence-electron chi connectivity index (χ1n) is 11.3. The highest BCUT2D eigenvalue weighted by Crippen LogP contribution is 2.32. The molecule has 0 saturated heterocycles. The van der Waals surface area contributed by atoms with Crippen LogP contribution in [-0.4, -0.2) is 49.7 Å². The van der Waals surface area contributed by atoms with E-state index in [2.05, 4.69) is 17.6 Å². The van der Waals surface area contributed by atoms with Crippen LogP contribution in [0.2, 0.25) is 0 Å². The van der Waals surface area contributed by atoms with Crippen molar-refractivity contribution in [3.63, 3.8) is 0 Å². The zero-order chi connectivity index (χ0) is 23.5. The Hall–Kier alpha value is -2.87. The Labute approximate surface area is 190 Å². The van der Waals surface area contributed by atoms with E-state index in [4.69, 9.17) is 9.47 Å². The van der Waals surface area contributed by atoms with Crippen LogP contribution in [0.5, 0.6) is 0 Å². The second kappa shape index (κ2) is 12.9. The van der Waals surface area contributed by atoms with Gasteiger partial charge in [0.2, 0.25) is 5.91 Å². The summed E-state index contributed by atoms with van der Waals surface area (Å²) in [6, 6.07) is 6.27. The van der Waals surface area contributed by atoms with Crippen molar-refractivity contribution in [1.29, 1.82) is 0 Å². The average Bonchev–Trinajstić information content (AvgIpc) is 2.77. The van der Waals surface area contributed by atoms with Gasteiger partial charge in [0.1, 0.15) is 6.61 Å². The number of unbranched alkanes of at least 4 members (excludes halogenated alkanes) is 2. The number of carbonyl (C=O) groups is 3. The lowest BCUT2D eigenvalue weighted by Gasteiger charge is -2.35. The lowest BCUT2D eigenvalue weighted by molar-refractivity contribution is -0.141. The maximum absolute atomic E-state index is 12.9. The number of methoxy groups -OCH3 is 1. The average molecular weight is 446 g/mol. The molecule has 0 fully saturated rings. The van der Waals surface area contributed by atoms with Crippen LogP contribution in [0, 0.1) is 0 Å². The number of allylic oxidation sites excluding steroid dienone is 1. The first-order valence-corrected chi connectivity index (χ1v) is 11.3. The van der Waals surface area contributed by atoms with Crippen LogP contribution in [0.3, 0.4) is 0 Å². The molecule has 32 heavy (non-hydrogen) atoms. The number of nitrogens with zero attached hydrogens (tertiary/aromatic N) is 1. The molecule has 3 amide bonds. The van der Waals surface area contributed by atoms with Gasteiger partial charge in [0.15, 0.2) is 0 Å². The molecular weight excluding hydrogens is 410 g/mol. The number of esters is 1. The quantitative estimate of drug-likeness (QED) is 0.372. The fourth-order valence-electron chi connectivity index (χ4n) is 3.60. The van der Waals surface area contributed by atoms with Crippen molar-refractivity contribution in [1.82, 2.24) is 10.2 Å². The third kappa shape index (κ3) is 6.82. The Kier molecular flexibility index (Phi) is 10.2. The number of rotatable bonds is 12. The standard InChI is InChI=1S/C24H35N3O5/c1-5-7-8-9-20(28)25-19-12-10-18(11-13-19)22-21(23(29)32-16-15-31-4)17(3)27(14-6-2)24(30)26-22/h10-13,22H,5-9,14-16H2,1-4H3,(H,25,28)(H,26,30). The van der Waals surface area contributed by atoms with Crippen molar-refractivity contribution in [3.8, 4) is 0 Å². The number of urea groups is 1. The van der Waals surface area contributed by atoms with E-state index in [1.165, 1.54) is 7.11 Å². The highest BCUT2D eigenvalue weighted by molar-refractivity contribution is 5.95. The zero-order valence-electron chi connectivity index (χ0n) is 19.5. The predicted molar refractivity (Wildman–Crippen MR) is 123 cm³/mol. The van der Waals surface area contributed by atoms with Crippen molar-refractivity contribution in [3.05, 3.63) is 41.1 Å². The number of nitrogens with one attached hydrogen (secondary N) is 2. The summed E-state index contributed by atoms with van der Waals surface area (Å²) in [6.45, 7) is 6.75. The second-order valence-electron chi connectivity index (χ2n) is 7.79. The van der Waals surface area contributed by atoms with E-state index in [1.807, 2.05) is 6.92 Å². The molecule has 0 saturated carbocycles. The van der Waals surface area contributed by atoms with Crippen LogP contribution in [0.1, 0.15) is 64.5 Å². The van der Waals surface area contributed by atoms with Gasteiger partial charge < -0.3 is 20.1 Å². The van der Waals surface area contributed by atoms with Crippen LogP contribution >= 0.6 is 0 Å². The fourth-order valence-corrected chi connectivity index (χ4v) is 3.60. The Morgan fingerprint density at radius 1 is 1.09 bits per heavy atom. The fraction of sp³-hybridized carbons (Fsp3) is 0.542. The molecule has 1 unspecified atom stereocenters. The van der Waals surface area contributed by atoms with E-state index in [-0.39, 0.29) is 18.5 Å². The number of hydrogen-bond donors (Lipinski definition) is 2. The van der Waals surface area contributed by atoms with Crippen LogP contribution in [-0.2, 0) is 19.1 Å². The van der Waals surface area contributed by atoms with E-state index in [0.29, 0.717) is 36.5 Å². The molecule has 1 aliphatic heterocycles. The van der Waals surface area contributed by atoms with E-state index in [0.717, 1.165) is 31.2 Å². The number of carbonyl (C=O) groups excluding carboxylic acids is 3. The first-order chi connectivity index (χ1) is 15.4. The SMILES string of the molecule is CCCCCC(=O)Nc1ccc(C2NC(=O)N(CCC)C(C)=C2C(=O)OCCOC)cc1. The number of hydrogen-bond acceptors (Lipinski definition) is 5. The minimum Gasteiger partial charge on any atom is -0.460 e. The molecule has 1 aliphatic rings. The van der Waals surface area contributed by atoms with Crippen molar-refractivity contribution in [2.75, 3.05) is 32.2 Å². The van der Waals surface area contributed by atoms with Gasteiger partial charge in [0.05, 0.1) is 18.2 Å². The van der Waals surface area contributed by atoms with Crippen LogP contribution in [0.4, 0.5) is 10.5 Å². The third-order valence-electron chi connectivity index (χ3n) is 5.32. The van der Waals surface area contributed by atoms with Crippen molar-refractivity contribution >= 4 is 23.6 Å². The largest absolute Gasteiger partial charge is 0.460 e. The van der Waals surface area contributed by atoms with Gasteiger partial charge in [0.25, 0.3) is 0 Å². The molecule has 8 nitrogen and oxygen atoms in total. The molecule has 0 spiro atoms. The Balaban J connectivity index is 2.23. The zero-order valence-corrected chi connectivity index (χ0v) is 19.5. The van der Waals surface area contributed by atoms with Crippen molar-refractivity contribution in [2.45, 2.75) is 58.9 Å². The van der Waals surface area contributed by atoms with Gasteiger partial charge in [-0.1, -0.05) is 38.8 Å². The van der Waals surface area contributed by atoms with Gasteiger partial charge in [-0.25, -0.2) is 9.59 Å². The second-order valence-corrected chi connectivity index (χ2v) is 7.79. The Morgan fingerprint density at radius 2 is 1.81 bits per heavy atom. The van der Waals surface area contributed by atoms with E-state index in [9.17, 15) is 14.4 Å². The van der Waals surface area contributed by atoms with Crippen LogP contribution in [0.15, 0.2) is 35.5 Å². The lowest BCUT2D eigenvalue weighted by Crippen LogP contribution is -2.48. The topological polar surface area (TPSA) is 97.0 Å². The first kappa shape index (κ1) is 25.4. The number of benzene rings is 1. The van der Waals surface area contributed by atoms with Crippen LogP contribution < -0.4 is 10.6 Å². The molecule has 0 radical (unpaired) electrons. The molecule has 0 aliphatic carbocycles. The third-order valence-corrected chi connectivity index (χ3v) is 5.32. The number of amides is 3. The van der Waals surface area contributed by atoms with Crippen molar-refractivity contribution in [2.24, 2.45) is 0 Å². The summed E-state index contributed by atoms with van der Waals surface area (Å²) in [4.78, 5) is 39.2. The highest BCUT2D eigenvalue weighted by atomic mass is 16.6. The maximum Gasteiger partial charge on any atom is 0.338 e. The molecule has 1 heterocycles. The molecule has 2 N–H and O–H groups in total. The molecule has 8 heteroatoms. The van der Waals surface area contributed by atoms with E-state index >= 15 is 0 Å². The summed E-state index contributed by atoms with van der Waals surface area (Å²) in [7, 11) is 1.54. The van der Waals surface area contributed by atoms with Gasteiger partial charge >= 0.3 is 12.0 Å². The van der Waals surface area contributed by atoms with Gasteiger partial charge in [-0.15, -0.1) is 0 Å². The van der Waals surface area contributed by atoms with Crippen LogP contribution in [0.25, 0.3) is 0 Å². The van der Waals surface area contributed by atoms with Gasteiger partial charge in [-0.2, -0.15) is 0 Å². The van der Waals surface area contributed by atoms with E-state index < -0.39 is 12.0 Å². The van der Waals surface area contributed by atoms with E-state index in [1.54, 1.807) is 36.1 Å². The normalized spacial score (nSPS) is 16.1. The van der Waals surface area contributed by atoms with Gasteiger partial charge in [0, 0.05) is 31.5 Å². The molecule has 176 valence electrons. The molecule has 1 atom stereocenters. The number of ether oxygens (including phenoxy) is 2. The summed E-state index contributed by atoms with van der Waals surface area (Å²) < 4.78 is 10.3. The molecule has 1 aromatic carbocycles. The summed E-state index contributed by atoms with van der Waals surface area (Å²) in [5.41, 5.74) is 2.38. The summed E-state index contributed by atoms with van der Waals surface area (Å²) in [5, 5.41) is 5.81. The van der Waals surface area contributed by atoms with Gasteiger partial charge in [-0.3, -0.25) is 9.69 Å². The smallest absolute Gasteiger partial charge is 0.338 e. The van der Waals surface area contributed by atoms with Gasteiger partial charge in [-0.05, 0) is 37.5 Å². The molecule has 2 rings (SSSR count). The minimum atomic E-state index is -0.639. The summed E-state index contributed by atoms with van der Waals surface area (Å²) in [6.07, 6.45) is 4.20. The number of anilines is 1. The minimum absolute atomic E-state index is 0.0227. The Bertz CT molecular complexity index is 819. The van der Waals surface area contributed by atoms with Crippen molar-refractivity contribution < 1.29 is 23.9 Å². The molecular formula is C24H35N3O5. The lowest BCUT2D eigenvalue weighted by atomic mass is 9.94. The maximum atomic E-state index is 12.9. The summed E-state index contributed by atoms with van der Waals surface area (Å²) >= 11 is 0. The summed E-state index contributed by atoms with van der Waals surface area (Å²) in [5.74, 6) is -0.510. The molecule has 0 bridgehead atoms. The molecule has 0 aromatic heterocycles. The predicted octanol–water partition coefficient (Wildman–Crippen LogP) is 4.15. The monoisotopic (exact) mass is 445 g/mol. The highest BCUT2D eigenvalue weighted by Gasteiger charge is 2.36.